The fraction of sp³-hybridized carbons (Fsp3) is 0.722. The van der Waals surface area contributed by atoms with Crippen LogP contribution in [-0.4, -0.2) is 98.5 Å². The highest BCUT2D eigenvalue weighted by atomic mass is 32.2. The lowest BCUT2D eigenvalue weighted by atomic mass is 10.1. The summed E-state index contributed by atoms with van der Waals surface area (Å²) in [7, 11) is 0. The molecular formula is C18H32N4O9S. The third-order valence-corrected chi connectivity index (χ3v) is 5.00. The first-order valence-electron chi connectivity index (χ1n) is 9.78. The van der Waals surface area contributed by atoms with Gasteiger partial charge in [-0.25, -0.2) is 4.79 Å². The molecule has 32 heavy (non-hydrogen) atoms. The average molecular weight is 481 g/mol. The first-order chi connectivity index (χ1) is 14.8. The van der Waals surface area contributed by atoms with Crippen molar-refractivity contribution in [3.63, 3.8) is 0 Å². The number of aliphatic hydroxyl groups excluding tert-OH is 2. The fourth-order valence-electron chi connectivity index (χ4n) is 2.48. The van der Waals surface area contributed by atoms with Gasteiger partial charge in [-0.05, 0) is 38.7 Å². The van der Waals surface area contributed by atoms with Crippen molar-refractivity contribution in [1.82, 2.24) is 16.0 Å². The molecule has 14 heteroatoms. The Balaban J connectivity index is 5.27. The number of aliphatic hydroxyl groups is 2. The summed E-state index contributed by atoms with van der Waals surface area (Å²) in [6, 6.07) is -5.65. The predicted octanol–water partition coefficient (Wildman–Crippen LogP) is -2.77. The van der Waals surface area contributed by atoms with E-state index in [-0.39, 0.29) is 19.3 Å². The molecule has 0 rings (SSSR count). The van der Waals surface area contributed by atoms with E-state index >= 15 is 0 Å². The number of carboxylic acids is 2. The number of carbonyl (C=O) groups is 5. The number of aliphatic carboxylic acids is 2. The molecule has 0 fully saturated rings. The lowest BCUT2D eigenvalue weighted by molar-refractivity contribution is -0.143. The molecule has 0 saturated heterocycles. The Bertz CT molecular complexity index is 675. The Morgan fingerprint density at radius 3 is 1.72 bits per heavy atom. The molecule has 13 nitrogen and oxygen atoms in total. The van der Waals surface area contributed by atoms with Crippen molar-refractivity contribution >= 4 is 41.4 Å². The SMILES string of the molecule is CSCCC(NC(=O)C(NC(=O)C(NC(=O)C(N)CCC(=O)O)C(C)O)C(C)O)C(=O)O. The molecule has 3 amide bonds. The number of carbonyl (C=O) groups excluding carboxylic acids is 3. The van der Waals surface area contributed by atoms with Crippen LogP contribution >= 0.6 is 11.8 Å². The zero-order valence-electron chi connectivity index (χ0n) is 18.1. The summed E-state index contributed by atoms with van der Waals surface area (Å²) in [5.74, 6) is -4.89. The zero-order valence-corrected chi connectivity index (χ0v) is 18.9. The Labute approximate surface area is 189 Å². The average Bonchev–Trinajstić information content (AvgIpc) is 2.69. The van der Waals surface area contributed by atoms with E-state index in [1.807, 2.05) is 0 Å². The Hall–Kier alpha value is -2.42. The van der Waals surface area contributed by atoms with Crippen LogP contribution in [0.2, 0.25) is 0 Å². The molecular weight excluding hydrogens is 448 g/mol. The molecule has 0 heterocycles. The van der Waals surface area contributed by atoms with E-state index in [2.05, 4.69) is 16.0 Å². The van der Waals surface area contributed by atoms with E-state index in [1.54, 1.807) is 6.26 Å². The molecule has 0 radical (unpaired) electrons. The van der Waals surface area contributed by atoms with Crippen molar-refractivity contribution in [2.45, 2.75) is 69.5 Å². The predicted molar refractivity (Wildman–Crippen MR) is 115 cm³/mol. The third kappa shape index (κ3) is 10.7. The molecule has 184 valence electrons. The first kappa shape index (κ1) is 29.6. The number of hydrogen-bond acceptors (Lipinski definition) is 9. The fourth-order valence-corrected chi connectivity index (χ4v) is 2.95. The second-order valence-corrected chi connectivity index (χ2v) is 8.16. The van der Waals surface area contributed by atoms with E-state index in [1.165, 1.54) is 25.6 Å². The van der Waals surface area contributed by atoms with Gasteiger partial charge < -0.3 is 42.1 Å². The number of carboxylic acid groups (broad SMARTS) is 2. The number of nitrogens with two attached hydrogens (primary N) is 1. The molecule has 0 saturated carbocycles. The van der Waals surface area contributed by atoms with Crippen LogP contribution in [0.1, 0.15) is 33.1 Å². The van der Waals surface area contributed by atoms with Gasteiger partial charge in [-0.1, -0.05) is 0 Å². The van der Waals surface area contributed by atoms with E-state index in [4.69, 9.17) is 10.8 Å². The van der Waals surface area contributed by atoms with Gasteiger partial charge in [0.2, 0.25) is 17.7 Å². The highest BCUT2D eigenvalue weighted by Crippen LogP contribution is 2.04. The molecule has 0 aliphatic carbocycles. The minimum absolute atomic E-state index is 0.114. The second kappa shape index (κ2) is 14.6. The third-order valence-electron chi connectivity index (χ3n) is 4.36. The second-order valence-electron chi connectivity index (χ2n) is 7.17. The number of rotatable bonds is 15. The summed E-state index contributed by atoms with van der Waals surface area (Å²) in [6.45, 7) is 2.38. The van der Waals surface area contributed by atoms with Gasteiger partial charge in [-0.15, -0.1) is 0 Å². The smallest absolute Gasteiger partial charge is 0.326 e. The van der Waals surface area contributed by atoms with Crippen LogP contribution < -0.4 is 21.7 Å². The lowest BCUT2D eigenvalue weighted by Gasteiger charge is -2.27. The molecule has 0 aliphatic heterocycles. The molecule has 0 aromatic rings. The summed E-state index contributed by atoms with van der Waals surface area (Å²) < 4.78 is 0. The molecule has 0 aromatic heterocycles. The van der Waals surface area contributed by atoms with Gasteiger partial charge >= 0.3 is 11.9 Å². The monoisotopic (exact) mass is 480 g/mol. The van der Waals surface area contributed by atoms with Crippen molar-refractivity contribution in [3.05, 3.63) is 0 Å². The largest absolute Gasteiger partial charge is 0.481 e. The summed E-state index contributed by atoms with van der Waals surface area (Å²) in [5, 5.41) is 44.3. The Kier molecular flexibility index (Phi) is 13.5. The first-order valence-corrected chi connectivity index (χ1v) is 11.2. The van der Waals surface area contributed by atoms with Gasteiger partial charge in [0.15, 0.2) is 0 Å². The zero-order chi connectivity index (χ0) is 25.0. The summed E-state index contributed by atoms with van der Waals surface area (Å²) in [6.07, 6.45) is -1.58. The van der Waals surface area contributed by atoms with Crippen molar-refractivity contribution < 1.29 is 44.4 Å². The van der Waals surface area contributed by atoms with Gasteiger partial charge in [0, 0.05) is 6.42 Å². The van der Waals surface area contributed by atoms with Gasteiger partial charge in [-0.2, -0.15) is 11.8 Å². The molecule has 0 bridgehead atoms. The Morgan fingerprint density at radius 2 is 1.31 bits per heavy atom. The minimum Gasteiger partial charge on any atom is -0.481 e. The maximum absolute atomic E-state index is 12.6. The van der Waals surface area contributed by atoms with Crippen molar-refractivity contribution in [2.24, 2.45) is 5.73 Å². The molecule has 0 aromatic carbocycles. The number of hydrogen-bond donors (Lipinski definition) is 8. The van der Waals surface area contributed by atoms with E-state index in [9.17, 15) is 39.3 Å². The summed E-state index contributed by atoms with van der Waals surface area (Å²) in [4.78, 5) is 59.1. The maximum atomic E-state index is 12.6. The molecule has 0 spiro atoms. The van der Waals surface area contributed by atoms with Crippen molar-refractivity contribution in [3.8, 4) is 0 Å². The van der Waals surface area contributed by atoms with Crippen molar-refractivity contribution in [1.29, 1.82) is 0 Å². The van der Waals surface area contributed by atoms with Crippen LogP contribution in [0.4, 0.5) is 0 Å². The van der Waals surface area contributed by atoms with Crippen LogP contribution in [0.5, 0.6) is 0 Å². The van der Waals surface area contributed by atoms with Crippen LogP contribution in [0, 0.1) is 0 Å². The molecule has 0 aliphatic rings. The van der Waals surface area contributed by atoms with Crippen LogP contribution in [0.25, 0.3) is 0 Å². The number of nitrogens with one attached hydrogen (secondary N) is 3. The summed E-state index contributed by atoms with van der Waals surface area (Å²) in [5.41, 5.74) is 5.58. The van der Waals surface area contributed by atoms with Crippen molar-refractivity contribution in [2.75, 3.05) is 12.0 Å². The van der Waals surface area contributed by atoms with Crippen LogP contribution in [-0.2, 0) is 24.0 Å². The van der Waals surface area contributed by atoms with Gasteiger partial charge in [-0.3, -0.25) is 19.2 Å². The minimum atomic E-state index is -1.57. The molecule has 9 N–H and O–H groups in total. The standard InChI is InChI=1S/C18H32N4O9S/c1-8(23)13(16(28)20-11(18(30)31)6-7-32-3)22-17(29)14(9(2)24)21-15(27)10(19)4-5-12(25)26/h8-11,13-14,23-24H,4-7,19H2,1-3H3,(H,20,28)(H,21,27)(H,22,29)(H,25,26)(H,30,31). The maximum Gasteiger partial charge on any atom is 0.326 e. The van der Waals surface area contributed by atoms with E-state index in [0.29, 0.717) is 5.75 Å². The van der Waals surface area contributed by atoms with E-state index in [0.717, 1.165) is 0 Å². The quantitative estimate of drug-likeness (QED) is 0.120. The highest BCUT2D eigenvalue weighted by molar-refractivity contribution is 7.98. The Morgan fingerprint density at radius 1 is 0.844 bits per heavy atom. The number of thioether (sulfide) groups is 1. The normalized spacial score (nSPS) is 16.6. The van der Waals surface area contributed by atoms with Gasteiger partial charge in [0.05, 0.1) is 18.2 Å². The number of amides is 3. The molecule has 6 atom stereocenters. The van der Waals surface area contributed by atoms with Gasteiger partial charge in [0.1, 0.15) is 18.1 Å². The molecule has 6 unspecified atom stereocenters. The highest BCUT2D eigenvalue weighted by Gasteiger charge is 2.34. The van der Waals surface area contributed by atoms with Crippen LogP contribution in [0.3, 0.4) is 0 Å². The van der Waals surface area contributed by atoms with E-state index < -0.39 is 66.0 Å². The van der Waals surface area contributed by atoms with Crippen LogP contribution in [0.15, 0.2) is 0 Å². The summed E-state index contributed by atoms with van der Waals surface area (Å²) >= 11 is 1.38. The van der Waals surface area contributed by atoms with Gasteiger partial charge in [0.25, 0.3) is 0 Å². The topological polar surface area (TPSA) is 228 Å². The lowest BCUT2D eigenvalue weighted by Crippen LogP contribution is -2.61.